The average molecular weight is 419 g/mol. The van der Waals surface area contributed by atoms with Gasteiger partial charge < -0.3 is 5.11 Å². The van der Waals surface area contributed by atoms with E-state index < -0.39 is 0 Å². The lowest BCUT2D eigenvalue weighted by Crippen LogP contribution is -2.18. The molecule has 0 spiro atoms. The third-order valence-electron chi connectivity index (χ3n) is 3.52. The summed E-state index contributed by atoms with van der Waals surface area (Å²) in [7, 11) is 0. The number of aryl methyl sites for hydroxylation is 1. The van der Waals surface area contributed by atoms with E-state index in [9.17, 15) is 9.90 Å². The van der Waals surface area contributed by atoms with Crippen molar-refractivity contribution in [2.75, 3.05) is 0 Å². The van der Waals surface area contributed by atoms with Crippen LogP contribution in [0.25, 0.3) is 10.9 Å². The molecule has 1 heterocycles. The van der Waals surface area contributed by atoms with Crippen molar-refractivity contribution in [3.63, 3.8) is 0 Å². The number of phenolic OH excluding ortho intramolecular Hbond substituents is 1. The third kappa shape index (κ3) is 3.81. The summed E-state index contributed by atoms with van der Waals surface area (Å²) in [5.74, 6) is -0.369. The number of amides is 1. The summed E-state index contributed by atoms with van der Waals surface area (Å²) in [4.78, 5) is 16.9. The lowest BCUT2D eigenvalue weighted by Gasteiger charge is -2.06. The predicted molar refractivity (Wildman–Crippen MR) is 102 cm³/mol. The maximum Gasteiger partial charge on any atom is 0.272 e. The van der Waals surface area contributed by atoms with Crippen molar-refractivity contribution in [2.24, 2.45) is 5.10 Å². The van der Waals surface area contributed by atoms with E-state index in [4.69, 9.17) is 11.6 Å². The van der Waals surface area contributed by atoms with Gasteiger partial charge in [-0.15, -0.1) is 0 Å². The molecule has 1 amide bonds. The SMILES string of the molecule is Cc1cc(C(=O)NN=Cc2cc(Cl)cc(Br)c2O)c2ccccc2n1. The van der Waals surface area contributed by atoms with Gasteiger partial charge in [0.25, 0.3) is 5.91 Å². The topological polar surface area (TPSA) is 74.6 Å². The number of para-hydroxylation sites is 1. The molecule has 2 N–H and O–H groups in total. The minimum atomic E-state index is -0.362. The first-order valence-electron chi connectivity index (χ1n) is 7.33. The summed E-state index contributed by atoms with van der Waals surface area (Å²) in [5.41, 5.74) is 4.82. The molecule has 0 aliphatic carbocycles. The number of aromatic nitrogens is 1. The molecule has 0 radical (unpaired) electrons. The molecule has 1 aromatic heterocycles. The van der Waals surface area contributed by atoms with Crippen LogP contribution >= 0.6 is 27.5 Å². The van der Waals surface area contributed by atoms with Crippen LogP contribution < -0.4 is 5.43 Å². The molecule has 5 nitrogen and oxygen atoms in total. The number of aromatic hydroxyl groups is 1. The second-order valence-electron chi connectivity index (χ2n) is 5.35. The molecule has 0 fully saturated rings. The maximum atomic E-state index is 12.5. The molecular formula is C18H13BrClN3O2. The fourth-order valence-electron chi connectivity index (χ4n) is 2.40. The highest BCUT2D eigenvalue weighted by Crippen LogP contribution is 2.30. The van der Waals surface area contributed by atoms with Crippen molar-refractivity contribution in [3.8, 4) is 5.75 Å². The lowest BCUT2D eigenvalue weighted by atomic mass is 10.1. The second-order valence-corrected chi connectivity index (χ2v) is 6.64. The Bertz CT molecular complexity index is 1010. The summed E-state index contributed by atoms with van der Waals surface area (Å²) in [6.07, 6.45) is 1.33. The Kier molecular flexibility index (Phi) is 5.01. The van der Waals surface area contributed by atoms with Gasteiger partial charge in [0, 0.05) is 21.7 Å². The van der Waals surface area contributed by atoms with Crippen LogP contribution in [0.2, 0.25) is 5.02 Å². The van der Waals surface area contributed by atoms with Crippen LogP contribution in [0, 0.1) is 6.92 Å². The molecule has 0 aliphatic rings. The smallest absolute Gasteiger partial charge is 0.272 e. The number of carbonyl (C=O) groups excluding carboxylic acids is 1. The number of fused-ring (bicyclic) bond motifs is 1. The van der Waals surface area contributed by atoms with Gasteiger partial charge in [0.1, 0.15) is 5.75 Å². The Labute approximate surface area is 157 Å². The molecule has 25 heavy (non-hydrogen) atoms. The number of nitrogens with zero attached hydrogens (tertiary/aromatic N) is 2. The highest BCUT2D eigenvalue weighted by molar-refractivity contribution is 9.10. The van der Waals surface area contributed by atoms with Crippen LogP contribution in [-0.2, 0) is 0 Å². The Morgan fingerprint density at radius 2 is 2.08 bits per heavy atom. The molecule has 3 rings (SSSR count). The van der Waals surface area contributed by atoms with Gasteiger partial charge in [0.2, 0.25) is 0 Å². The molecule has 126 valence electrons. The van der Waals surface area contributed by atoms with Gasteiger partial charge in [-0.3, -0.25) is 9.78 Å². The summed E-state index contributed by atoms with van der Waals surface area (Å²) in [5, 5.41) is 15.1. The molecular weight excluding hydrogens is 406 g/mol. The fraction of sp³-hybridized carbons (Fsp3) is 0.0556. The Hall–Kier alpha value is -2.44. The van der Waals surface area contributed by atoms with Crippen molar-refractivity contribution in [3.05, 3.63) is 68.8 Å². The van der Waals surface area contributed by atoms with Gasteiger partial charge in [-0.1, -0.05) is 29.8 Å². The standard InChI is InChI=1S/C18H13BrClN3O2/c1-10-6-14(13-4-2-3-5-16(13)22-10)18(25)23-21-9-11-7-12(20)8-15(19)17(11)24/h2-9,24H,1H3,(H,23,25). The van der Waals surface area contributed by atoms with Gasteiger partial charge in [0.15, 0.2) is 0 Å². The summed E-state index contributed by atoms with van der Waals surface area (Å²) >= 11 is 9.14. The van der Waals surface area contributed by atoms with E-state index in [1.165, 1.54) is 6.21 Å². The van der Waals surface area contributed by atoms with Crippen LogP contribution in [0.15, 0.2) is 52.0 Å². The Morgan fingerprint density at radius 3 is 2.88 bits per heavy atom. The number of pyridine rings is 1. The monoisotopic (exact) mass is 417 g/mol. The zero-order chi connectivity index (χ0) is 18.0. The minimum Gasteiger partial charge on any atom is -0.506 e. The molecule has 7 heteroatoms. The van der Waals surface area contributed by atoms with E-state index in [1.807, 2.05) is 31.2 Å². The van der Waals surface area contributed by atoms with E-state index in [1.54, 1.807) is 18.2 Å². The van der Waals surface area contributed by atoms with Crippen molar-refractivity contribution in [2.45, 2.75) is 6.92 Å². The number of rotatable bonds is 3. The first-order chi connectivity index (χ1) is 12.0. The fourth-order valence-corrected chi connectivity index (χ4v) is 3.23. The molecule has 0 atom stereocenters. The first kappa shape index (κ1) is 17.4. The molecule has 0 aliphatic heterocycles. The quantitative estimate of drug-likeness (QED) is 0.488. The van der Waals surface area contributed by atoms with Crippen LogP contribution in [0.5, 0.6) is 5.75 Å². The van der Waals surface area contributed by atoms with E-state index in [2.05, 4.69) is 31.4 Å². The highest BCUT2D eigenvalue weighted by Gasteiger charge is 2.11. The number of benzene rings is 2. The number of carbonyl (C=O) groups is 1. The normalized spacial score (nSPS) is 11.2. The summed E-state index contributed by atoms with van der Waals surface area (Å²) in [6, 6.07) is 12.2. The lowest BCUT2D eigenvalue weighted by molar-refractivity contribution is 0.0956. The molecule has 3 aromatic rings. The van der Waals surface area contributed by atoms with Crippen LogP contribution in [0.1, 0.15) is 21.6 Å². The van der Waals surface area contributed by atoms with Crippen molar-refractivity contribution in [1.82, 2.24) is 10.4 Å². The molecule has 0 unspecified atom stereocenters. The number of hydrogen-bond donors (Lipinski definition) is 2. The van der Waals surface area contributed by atoms with E-state index in [-0.39, 0.29) is 11.7 Å². The average Bonchev–Trinajstić information content (AvgIpc) is 2.58. The zero-order valence-corrected chi connectivity index (χ0v) is 15.5. The summed E-state index contributed by atoms with van der Waals surface area (Å²) in [6.45, 7) is 1.83. The van der Waals surface area contributed by atoms with Crippen LogP contribution in [0.3, 0.4) is 0 Å². The van der Waals surface area contributed by atoms with Crippen LogP contribution in [-0.4, -0.2) is 22.2 Å². The van der Waals surface area contributed by atoms with Gasteiger partial charge in [-0.25, -0.2) is 5.43 Å². The molecule has 0 saturated heterocycles. The molecule has 2 aromatic carbocycles. The Morgan fingerprint density at radius 1 is 1.32 bits per heavy atom. The molecule has 0 bridgehead atoms. The van der Waals surface area contributed by atoms with E-state index in [0.29, 0.717) is 20.6 Å². The van der Waals surface area contributed by atoms with Crippen molar-refractivity contribution >= 4 is 50.6 Å². The van der Waals surface area contributed by atoms with Gasteiger partial charge in [-0.2, -0.15) is 5.10 Å². The first-order valence-corrected chi connectivity index (χ1v) is 8.50. The number of nitrogens with one attached hydrogen (secondary N) is 1. The van der Waals surface area contributed by atoms with Gasteiger partial charge >= 0.3 is 0 Å². The maximum absolute atomic E-state index is 12.5. The van der Waals surface area contributed by atoms with Gasteiger partial charge in [0.05, 0.1) is 21.8 Å². The second kappa shape index (κ2) is 7.21. The van der Waals surface area contributed by atoms with E-state index in [0.717, 1.165) is 16.6 Å². The van der Waals surface area contributed by atoms with E-state index >= 15 is 0 Å². The summed E-state index contributed by atoms with van der Waals surface area (Å²) < 4.78 is 0.448. The number of hydrazone groups is 1. The number of phenols is 1. The predicted octanol–water partition coefficient (Wildman–Crippen LogP) is 4.43. The van der Waals surface area contributed by atoms with Crippen LogP contribution in [0.4, 0.5) is 0 Å². The third-order valence-corrected chi connectivity index (χ3v) is 4.34. The van der Waals surface area contributed by atoms with Gasteiger partial charge in [-0.05, 0) is 47.1 Å². The minimum absolute atomic E-state index is 0.00685. The highest BCUT2D eigenvalue weighted by atomic mass is 79.9. The van der Waals surface area contributed by atoms with Crippen molar-refractivity contribution in [1.29, 1.82) is 0 Å². The molecule has 0 saturated carbocycles. The number of hydrogen-bond acceptors (Lipinski definition) is 4. The largest absolute Gasteiger partial charge is 0.506 e. The number of halogens is 2. The van der Waals surface area contributed by atoms with Crippen molar-refractivity contribution < 1.29 is 9.90 Å². The zero-order valence-electron chi connectivity index (χ0n) is 13.1. The Balaban J connectivity index is 1.87.